The van der Waals surface area contributed by atoms with Gasteiger partial charge < -0.3 is 10.4 Å². The van der Waals surface area contributed by atoms with Gasteiger partial charge in [0.1, 0.15) is 6.61 Å². The third kappa shape index (κ3) is 8.53. The van der Waals surface area contributed by atoms with E-state index in [9.17, 15) is 8.78 Å². The molecular weight excluding hydrogens is 248 g/mol. The highest BCUT2D eigenvalue weighted by Gasteiger charge is 2.28. The second kappa shape index (κ2) is 9.65. The molecule has 114 valence electrons. The van der Waals surface area contributed by atoms with Crippen molar-refractivity contribution in [3.63, 3.8) is 0 Å². The van der Waals surface area contributed by atoms with E-state index < -0.39 is 19.1 Å². The molecule has 0 amide bonds. The van der Waals surface area contributed by atoms with E-state index in [1.165, 1.54) is 44.9 Å². The standard InChI is InChI=1S/C15H29F2NO/c16-15(17,13-19)12-18-14-10-8-6-4-2-1-3-5-7-9-11-14/h14,18-19H,1-13H2. The Bertz CT molecular complexity index is 212. The highest BCUT2D eigenvalue weighted by atomic mass is 19.3. The molecule has 0 spiro atoms. The van der Waals surface area contributed by atoms with Gasteiger partial charge in [0.05, 0.1) is 6.54 Å². The van der Waals surface area contributed by atoms with Crippen molar-refractivity contribution < 1.29 is 13.9 Å². The average molecular weight is 277 g/mol. The van der Waals surface area contributed by atoms with E-state index in [0.29, 0.717) is 0 Å². The molecule has 0 aromatic rings. The molecule has 0 aliphatic heterocycles. The SMILES string of the molecule is OCC(F)(F)CNC1CCCCCCCCCCC1. The molecule has 0 aromatic carbocycles. The molecule has 1 aliphatic rings. The smallest absolute Gasteiger partial charge is 0.282 e. The van der Waals surface area contributed by atoms with Crippen LogP contribution in [0.5, 0.6) is 0 Å². The van der Waals surface area contributed by atoms with Gasteiger partial charge in [0.2, 0.25) is 0 Å². The second-order valence-corrected chi connectivity index (χ2v) is 5.85. The van der Waals surface area contributed by atoms with Gasteiger partial charge in [-0.1, -0.05) is 57.8 Å². The minimum absolute atomic E-state index is 0.192. The first-order valence-corrected chi connectivity index (χ1v) is 7.86. The molecule has 0 saturated heterocycles. The lowest BCUT2D eigenvalue weighted by atomic mass is 9.98. The zero-order valence-corrected chi connectivity index (χ0v) is 12.0. The third-order valence-corrected chi connectivity index (χ3v) is 3.99. The van der Waals surface area contributed by atoms with E-state index >= 15 is 0 Å². The Morgan fingerprint density at radius 1 is 0.842 bits per heavy atom. The van der Waals surface area contributed by atoms with Gasteiger partial charge >= 0.3 is 0 Å². The lowest BCUT2D eigenvalue weighted by molar-refractivity contribution is -0.0496. The quantitative estimate of drug-likeness (QED) is 0.817. The molecule has 0 bridgehead atoms. The monoisotopic (exact) mass is 277 g/mol. The zero-order chi connectivity index (χ0) is 14.0. The zero-order valence-electron chi connectivity index (χ0n) is 12.0. The summed E-state index contributed by atoms with van der Waals surface area (Å²) in [7, 11) is 0. The van der Waals surface area contributed by atoms with Crippen molar-refractivity contribution in [3.8, 4) is 0 Å². The second-order valence-electron chi connectivity index (χ2n) is 5.85. The predicted molar refractivity (Wildman–Crippen MR) is 74.6 cm³/mol. The summed E-state index contributed by atoms with van der Waals surface area (Å²) in [5.41, 5.74) is 0. The van der Waals surface area contributed by atoms with E-state index in [0.717, 1.165) is 25.7 Å². The number of halogens is 2. The van der Waals surface area contributed by atoms with Crippen LogP contribution in [-0.2, 0) is 0 Å². The number of rotatable bonds is 4. The molecule has 19 heavy (non-hydrogen) atoms. The number of hydrogen-bond donors (Lipinski definition) is 2. The molecule has 1 fully saturated rings. The van der Waals surface area contributed by atoms with E-state index in [-0.39, 0.29) is 6.04 Å². The molecule has 0 atom stereocenters. The summed E-state index contributed by atoms with van der Waals surface area (Å²) in [4.78, 5) is 0. The maximum atomic E-state index is 13.0. The van der Waals surface area contributed by atoms with Crippen LogP contribution >= 0.6 is 0 Å². The number of alkyl halides is 2. The minimum atomic E-state index is -2.98. The fraction of sp³-hybridized carbons (Fsp3) is 1.00. The summed E-state index contributed by atoms with van der Waals surface area (Å²) in [6.45, 7) is -1.46. The maximum absolute atomic E-state index is 13.0. The molecule has 0 heterocycles. The Morgan fingerprint density at radius 3 is 1.68 bits per heavy atom. The van der Waals surface area contributed by atoms with Crippen LogP contribution in [0, 0.1) is 0 Å². The van der Waals surface area contributed by atoms with Crippen LogP contribution in [0.4, 0.5) is 8.78 Å². The summed E-state index contributed by atoms with van der Waals surface area (Å²) < 4.78 is 26.1. The Balaban J connectivity index is 2.30. The van der Waals surface area contributed by atoms with Crippen molar-refractivity contribution in [1.82, 2.24) is 5.32 Å². The fourth-order valence-corrected chi connectivity index (χ4v) is 2.72. The first kappa shape index (κ1) is 16.8. The van der Waals surface area contributed by atoms with Crippen LogP contribution < -0.4 is 5.32 Å². The number of nitrogens with one attached hydrogen (secondary N) is 1. The van der Waals surface area contributed by atoms with E-state index in [4.69, 9.17) is 5.11 Å². The van der Waals surface area contributed by atoms with Crippen molar-refractivity contribution in [2.75, 3.05) is 13.2 Å². The summed E-state index contributed by atoms with van der Waals surface area (Å²) in [5, 5.41) is 11.5. The molecule has 0 aromatic heterocycles. The van der Waals surface area contributed by atoms with Gasteiger partial charge in [0.15, 0.2) is 0 Å². The van der Waals surface area contributed by atoms with Crippen LogP contribution in [-0.4, -0.2) is 30.2 Å². The van der Waals surface area contributed by atoms with Gasteiger partial charge in [-0.2, -0.15) is 0 Å². The molecule has 1 saturated carbocycles. The Kier molecular flexibility index (Phi) is 8.55. The van der Waals surface area contributed by atoms with Crippen LogP contribution in [0.25, 0.3) is 0 Å². The lowest BCUT2D eigenvalue weighted by Gasteiger charge is -2.22. The van der Waals surface area contributed by atoms with Crippen molar-refractivity contribution in [3.05, 3.63) is 0 Å². The number of hydrogen-bond acceptors (Lipinski definition) is 2. The van der Waals surface area contributed by atoms with Crippen LogP contribution in [0.2, 0.25) is 0 Å². The Labute approximate surface area is 116 Å². The highest BCUT2D eigenvalue weighted by Crippen LogP contribution is 2.18. The van der Waals surface area contributed by atoms with Gasteiger partial charge in [-0.25, -0.2) is 8.78 Å². The molecular formula is C15H29F2NO. The van der Waals surface area contributed by atoms with Crippen molar-refractivity contribution in [1.29, 1.82) is 0 Å². The van der Waals surface area contributed by atoms with Crippen LogP contribution in [0.15, 0.2) is 0 Å². The molecule has 1 aliphatic carbocycles. The Hall–Kier alpha value is -0.220. The first-order valence-electron chi connectivity index (χ1n) is 7.86. The molecule has 4 heteroatoms. The third-order valence-electron chi connectivity index (χ3n) is 3.99. The van der Waals surface area contributed by atoms with E-state index in [2.05, 4.69) is 5.32 Å². The van der Waals surface area contributed by atoms with Gasteiger partial charge in [-0.15, -0.1) is 0 Å². The number of aliphatic hydroxyl groups is 1. The maximum Gasteiger partial charge on any atom is 0.282 e. The molecule has 0 unspecified atom stereocenters. The van der Waals surface area contributed by atoms with Gasteiger partial charge in [0, 0.05) is 6.04 Å². The van der Waals surface area contributed by atoms with Gasteiger partial charge in [-0.3, -0.25) is 0 Å². The lowest BCUT2D eigenvalue weighted by Crippen LogP contribution is -2.41. The molecule has 1 rings (SSSR count). The van der Waals surface area contributed by atoms with Crippen LogP contribution in [0.3, 0.4) is 0 Å². The first-order chi connectivity index (χ1) is 9.14. The summed E-state index contributed by atoms with van der Waals surface area (Å²) in [6.07, 6.45) is 13.2. The van der Waals surface area contributed by atoms with Crippen molar-refractivity contribution >= 4 is 0 Å². The highest BCUT2D eigenvalue weighted by molar-refractivity contribution is 4.74. The largest absolute Gasteiger partial charge is 0.390 e. The van der Waals surface area contributed by atoms with E-state index in [1.807, 2.05) is 0 Å². The summed E-state index contributed by atoms with van der Waals surface area (Å²) in [5.74, 6) is -2.98. The van der Waals surface area contributed by atoms with Crippen molar-refractivity contribution in [2.45, 2.75) is 82.6 Å². The van der Waals surface area contributed by atoms with E-state index in [1.54, 1.807) is 0 Å². The van der Waals surface area contributed by atoms with Gasteiger partial charge in [0.25, 0.3) is 5.92 Å². The number of aliphatic hydroxyl groups excluding tert-OH is 1. The van der Waals surface area contributed by atoms with Gasteiger partial charge in [-0.05, 0) is 12.8 Å². The molecule has 2 nitrogen and oxygen atoms in total. The van der Waals surface area contributed by atoms with Crippen molar-refractivity contribution in [2.24, 2.45) is 0 Å². The fourth-order valence-electron chi connectivity index (χ4n) is 2.72. The summed E-state index contributed by atoms with van der Waals surface area (Å²) >= 11 is 0. The average Bonchev–Trinajstić information content (AvgIpc) is 2.38. The molecule has 0 radical (unpaired) electrons. The normalized spacial score (nSPS) is 21.6. The Morgan fingerprint density at radius 2 is 1.26 bits per heavy atom. The topological polar surface area (TPSA) is 32.3 Å². The predicted octanol–water partition coefficient (Wildman–Crippen LogP) is 3.88. The van der Waals surface area contributed by atoms with Crippen LogP contribution in [0.1, 0.15) is 70.6 Å². The molecule has 2 N–H and O–H groups in total. The summed E-state index contributed by atoms with van der Waals surface area (Å²) in [6, 6.07) is 0.192. The minimum Gasteiger partial charge on any atom is -0.390 e.